The number of amides is 4. The van der Waals surface area contributed by atoms with Crippen LogP contribution < -0.4 is 5.32 Å². The number of fused-ring (bicyclic) bond motifs is 1. The van der Waals surface area contributed by atoms with Gasteiger partial charge in [0.1, 0.15) is 6.04 Å². The number of carbonyl (C=O) groups excluding carboxylic acids is 4. The fourth-order valence-electron chi connectivity index (χ4n) is 4.63. The SMILES string of the molecule is O=C(NCC(=O)N1CCN(C(=O)c2ccccc2)CC1)C1c2ccccc2C(=O)N1C1CC1. The number of piperazine rings is 1. The van der Waals surface area contributed by atoms with E-state index in [9.17, 15) is 19.2 Å². The first-order valence-electron chi connectivity index (χ1n) is 11.4. The summed E-state index contributed by atoms with van der Waals surface area (Å²) in [6.45, 7) is 1.62. The van der Waals surface area contributed by atoms with Gasteiger partial charge in [-0.1, -0.05) is 36.4 Å². The van der Waals surface area contributed by atoms with Crippen LogP contribution in [0.25, 0.3) is 0 Å². The van der Waals surface area contributed by atoms with Crippen molar-refractivity contribution in [2.24, 2.45) is 0 Å². The highest BCUT2D eigenvalue weighted by Gasteiger charge is 2.47. The highest BCUT2D eigenvalue weighted by atomic mass is 16.2. The van der Waals surface area contributed by atoms with Crippen LogP contribution in [-0.4, -0.2) is 77.1 Å². The van der Waals surface area contributed by atoms with Crippen molar-refractivity contribution in [2.45, 2.75) is 24.9 Å². The van der Waals surface area contributed by atoms with Crippen molar-refractivity contribution in [1.29, 1.82) is 0 Å². The average molecular weight is 447 g/mol. The molecule has 0 aromatic heterocycles. The van der Waals surface area contributed by atoms with Gasteiger partial charge in [0.15, 0.2) is 0 Å². The van der Waals surface area contributed by atoms with Crippen molar-refractivity contribution in [1.82, 2.24) is 20.0 Å². The summed E-state index contributed by atoms with van der Waals surface area (Å²) in [4.78, 5) is 56.3. The van der Waals surface area contributed by atoms with Crippen LogP contribution in [0, 0.1) is 0 Å². The Kier molecular flexibility index (Phi) is 5.58. The molecule has 2 aliphatic heterocycles. The van der Waals surface area contributed by atoms with Gasteiger partial charge in [0, 0.05) is 43.3 Å². The number of hydrogen-bond acceptors (Lipinski definition) is 4. The first-order valence-corrected chi connectivity index (χ1v) is 11.4. The minimum absolute atomic E-state index is 0.0410. The Morgan fingerprint density at radius 2 is 1.48 bits per heavy atom. The zero-order valence-corrected chi connectivity index (χ0v) is 18.3. The normalized spacial score (nSPS) is 19.9. The Hall–Kier alpha value is -3.68. The fourth-order valence-corrected chi connectivity index (χ4v) is 4.63. The van der Waals surface area contributed by atoms with Gasteiger partial charge in [-0.15, -0.1) is 0 Å². The molecule has 0 spiro atoms. The van der Waals surface area contributed by atoms with Gasteiger partial charge in [-0.05, 0) is 36.6 Å². The number of nitrogens with one attached hydrogen (secondary N) is 1. The molecule has 8 heteroatoms. The third kappa shape index (κ3) is 4.08. The summed E-state index contributed by atoms with van der Waals surface area (Å²) in [5.41, 5.74) is 1.90. The van der Waals surface area contributed by atoms with Crippen LogP contribution in [-0.2, 0) is 9.59 Å². The van der Waals surface area contributed by atoms with E-state index < -0.39 is 6.04 Å². The Morgan fingerprint density at radius 3 is 2.18 bits per heavy atom. The third-order valence-electron chi connectivity index (χ3n) is 6.54. The maximum absolute atomic E-state index is 13.1. The van der Waals surface area contributed by atoms with E-state index in [1.165, 1.54) is 0 Å². The van der Waals surface area contributed by atoms with E-state index >= 15 is 0 Å². The molecule has 0 radical (unpaired) electrons. The van der Waals surface area contributed by atoms with Crippen molar-refractivity contribution in [3.05, 3.63) is 71.3 Å². The molecular formula is C25H26N4O4. The van der Waals surface area contributed by atoms with Crippen LogP contribution in [0.5, 0.6) is 0 Å². The van der Waals surface area contributed by atoms with Gasteiger partial charge in [-0.2, -0.15) is 0 Å². The molecule has 1 saturated heterocycles. The summed E-state index contributed by atoms with van der Waals surface area (Å²) in [6, 6.07) is 15.7. The third-order valence-corrected chi connectivity index (χ3v) is 6.54. The van der Waals surface area contributed by atoms with Crippen molar-refractivity contribution in [3.63, 3.8) is 0 Å². The lowest BCUT2D eigenvalue weighted by Crippen LogP contribution is -2.53. The fraction of sp³-hybridized carbons (Fsp3) is 0.360. The van der Waals surface area contributed by atoms with Crippen LogP contribution in [0.4, 0.5) is 0 Å². The lowest BCUT2D eigenvalue weighted by atomic mass is 10.0. The average Bonchev–Trinajstić information content (AvgIpc) is 3.66. The summed E-state index contributed by atoms with van der Waals surface area (Å²) >= 11 is 0. The summed E-state index contributed by atoms with van der Waals surface area (Å²) in [5, 5.41) is 2.75. The van der Waals surface area contributed by atoms with Crippen LogP contribution in [0.2, 0.25) is 0 Å². The maximum Gasteiger partial charge on any atom is 0.255 e. The van der Waals surface area contributed by atoms with Crippen LogP contribution in [0.15, 0.2) is 54.6 Å². The Bertz CT molecular complexity index is 1090. The van der Waals surface area contributed by atoms with E-state index in [4.69, 9.17) is 0 Å². The van der Waals surface area contributed by atoms with Crippen LogP contribution in [0.1, 0.15) is 45.2 Å². The van der Waals surface area contributed by atoms with E-state index in [0.29, 0.717) is 42.9 Å². The topological polar surface area (TPSA) is 90.0 Å². The Labute approximate surface area is 192 Å². The number of benzene rings is 2. The van der Waals surface area contributed by atoms with Gasteiger partial charge in [0.2, 0.25) is 11.8 Å². The van der Waals surface area contributed by atoms with E-state index in [-0.39, 0.29) is 36.2 Å². The monoisotopic (exact) mass is 446 g/mol. The van der Waals surface area contributed by atoms with Crippen molar-refractivity contribution in [3.8, 4) is 0 Å². The Morgan fingerprint density at radius 1 is 0.848 bits per heavy atom. The molecule has 170 valence electrons. The molecule has 1 unspecified atom stereocenters. The zero-order chi connectivity index (χ0) is 22.9. The number of hydrogen-bond donors (Lipinski definition) is 1. The summed E-state index contributed by atoms with van der Waals surface area (Å²) in [6.07, 6.45) is 1.79. The van der Waals surface area contributed by atoms with Gasteiger partial charge >= 0.3 is 0 Å². The van der Waals surface area contributed by atoms with E-state index in [1.54, 1.807) is 39.0 Å². The van der Waals surface area contributed by atoms with Crippen LogP contribution >= 0.6 is 0 Å². The highest BCUT2D eigenvalue weighted by molar-refractivity contribution is 6.05. The summed E-state index contributed by atoms with van der Waals surface area (Å²) in [7, 11) is 0. The second kappa shape index (κ2) is 8.69. The molecule has 1 N–H and O–H groups in total. The molecule has 3 aliphatic rings. The van der Waals surface area contributed by atoms with Gasteiger partial charge in [-0.25, -0.2) is 0 Å². The molecule has 1 saturated carbocycles. The van der Waals surface area contributed by atoms with E-state index in [0.717, 1.165) is 12.8 Å². The summed E-state index contributed by atoms with van der Waals surface area (Å²) in [5.74, 6) is -0.670. The molecule has 2 aromatic rings. The lowest BCUT2D eigenvalue weighted by molar-refractivity contribution is -0.135. The molecule has 0 bridgehead atoms. The predicted octanol–water partition coefficient (Wildman–Crippen LogP) is 1.45. The molecule has 1 aliphatic carbocycles. The van der Waals surface area contributed by atoms with E-state index in [2.05, 4.69) is 5.32 Å². The minimum Gasteiger partial charge on any atom is -0.345 e. The summed E-state index contributed by atoms with van der Waals surface area (Å²) < 4.78 is 0. The van der Waals surface area contributed by atoms with Gasteiger partial charge in [-0.3, -0.25) is 19.2 Å². The van der Waals surface area contributed by atoms with Crippen molar-refractivity contribution in [2.75, 3.05) is 32.7 Å². The lowest BCUT2D eigenvalue weighted by Gasteiger charge is -2.35. The first kappa shape index (κ1) is 21.2. The number of carbonyl (C=O) groups is 4. The first-order chi connectivity index (χ1) is 16.0. The van der Waals surface area contributed by atoms with Gasteiger partial charge in [0.25, 0.3) is 11.8 Å². The second-order valence-corrected chi connectivity index (χ2v) is 8.69. The molecule has 2 fully saturated rings. The number of rotatable bonds is 5. The molecule has 1 atom stereocenters. The zero-order valence-electron chi connectivity index (χ0n) is 18.3. The second-order valence-electron chi connectivity index (χ2n) is 8.69. The maximum atomic E-state index is 13.1. The van der Waals surface area contributed by atoms with E-state index in [1.807, 2.05) is 30.3 Å². The molecular weight excluding hydrogens is 420 g/mol. The predicted molar refractivity (Wildman–Crippen MR) is 120 cm³/mol. The van der Waals surface area contributed by atoms with Crippen molar-refractivity contribution >= 4 is 23.6 Å². The molecule has 5 rings (SSSR count). The largest absolute Gasteiger partial charge is 0.345 e. The standard InChI is InChI=1S/C25H26N4O4/c30-21(27-12-14-28(15-13-27)24(32)17-6-2-1-3-7-17)16-26-23(31)22-19-8-4-5-9-20(19)25(33)29(22)18-10-11-18/h1-9,18,22H,10-16H2,(H,26,31). The molecule has 33 heavy (non-hydrogen) atoms. The molecule has 8 nitrogen and oxygen atoms in total. The molecule has 4 amide bonds. The van der Waals surface area contributed by atoms with Gasteiger partial charge in [0.05, 0.1) is 6.54 Å². The quantitative estimate of drug-likeness (QED) is 0.753. The molecule has 2 heterocycles. The minimum atomic E-state index is -0.686. The molecule has 2 aromatic carbocycles. The van der Waals surface area contributed by atoms with Gasteiger partial charge < -0.3 is 20.0 Å². The smallest absolute Gasteiger partial charge is 0.255 e. The highest BCUT2D eigenvalue weighted by Crippen LogP contribution is 2.41. The number of nitrogens with zero attached hydrogens (tertiary/aromatic N) is 3. The van der Waals surface area contributed by atoms with Crippen LogP contribution in [0.3, 0.4) is 0 Å². The van der Waals surface area contributed by atoms with Crippen molar-refractivity contribution < 1.29 is 19.2 Å². The Balaban J connectivity index is 1.17.